The first-order valence-electron chi connectivity index (χ1n) is 8.54. The van der Waals surface area contributed by atoms with Gasteiger partial charge in [0, 0.05) is 23.0 Å². The molecule has 0 spiro atoms. The fourth-order valence-corrected chi connectivity index (χ4v) is 3.48. The zero-order chi connectivity index (χ0) is 17.4. The van der Waals surface area contributed by atoms with Crippen LogP contribution in [0.4, 0.5) is 10.1 Å². The van der Waals surface area contributed by atoms with E-state index in [1.165, 1.54) is 6.07 Å². The van der Waals surface area contributed by atoms with Crippen LogP contribution in [0.5, 0.6) is 0 Å². The van der Waals surface area contributed by atoms with Gasteiger partial charge in [-0.15, -0.1) is 0 Å². The van der Waals surface area contributed by atoms with Gasteiger partial charge in [-0.1, -0.05) is 12.1 Å². The van der Waals surface area contributed by atoms with E-state index in [-0.39, 0.29) is 17.8 Å². The molecule has 1 atom stereocenters. The van der Waals surface area contributed by atoms with Crippen LogP contribution in [-0.4, -0.2) is 23.1 Å². The molecule has 1 aliphatic rings. The minimum Gasteiger partial charge on any atom is -0.325 e. The number of carbonyl (C=O) groups excluding carboxylic acids is 1. The predicted octanol–water partition coefficient (Wildman–Crippen LogP) is 3.77. The van der Waals surface area contributed by atoms with E-state index in [9.17, 15) is 9.18 Å². The fraction of sp³-hybridized carbons (Fsp3) is 0.250. The first kappa shape index (κ1) is 15.8. The van der Waals surface area contributed by atoms with E-state index in [0.717, 1.165) is 41.8 Å². The van der Waals surface area contributed by atoms with Crippen molar-refractivity contribution in [3.63, 3.8) is 0 Å². The molecule has 1 saturated heterocycles. The fourth-order valence-electron chi connectivity index (χ4n) is 3.48. The van der Waals surface area contributed by atoms with Gasteiger partial charge in [0.15, 0.2) is 0 Å². The number of hydrogen-bond donors (Lipinski definition) is 2. The monoisotopic (exact) mass is 337 g/mol. The molecule has 4 nitrogen and oxygen atoms in total. The van der Waals surface area contributed by atoms with Gasteiger partial charge >= 0.3 is 0 Å². The Bertz CT molecular complexity index is 941. The molecule has 0 bridgehead atoms. The number of aromatic nitrogens is 1. The average Bonchev–Trinajstić information content (AvgIpc) is 3.28. The van der Waals surface area contributed by atoms with Gasteiger partial charge in [-0.3, -0.25) is 4.79 Å². The zero-order valence-electron chi connectivity index (χ0n) is 14.1. The standard InChI is InChI=1S/C20H20FN3O/c1-13-7-8-17(21)16-9-11-24(19(13)16)15-5-2-4-14(12-15)23-20(25)18-6-3-10-22-18/h2,4-5,7-9,11-12,18,22H,3,6,10H2,1H3,(H,23,25). The van der Waals surface area contributed by atoms with Crippen molar-refractivity contribution in [3.8, 4) is 5.69 Å². The summed E-state index contributed by atoms with van der Waals surface area (Å²) in [6.45, 7) is 2.86. The normalized spacial score (nSPS) is 17.1. The van der Waals surface area contributed by atoms with Crippen molar-refractivity contribution in [2.45, 2.75) is 25.8 Å². The van der Waals surface area contributed by atoms with Crippen LogP contribution in [-0.2, 0) is 4.79 Å². The number of amides is 1. The van der Waals surface area contributed by atoms with Crippen molar-refractivity contribution >= 4 is 22.5 Å². The molecule has 1 aliphatic heterocycles. The number of aryl methyl sites for hydroxylation is 1. The molecule has 1 aromatic heterocycles. The van der Waals surface area contributed by atoms with Crippen molar-refractivity contribution in [3.05, 3.63) is 60.0 Å². The summed E-state index contributed by atoms with van der Waals surface area (Å²) in [5, 5.41) is 6.77. The van der Waals surface area contributed by atoms with Crippen molar-refractivity contribution in [2.75, 3.05) is 11.9 Å². The van der Waals surface area contributed by atoms with Crippen molar-refractivity contribution in [1.29, 1.82) is 0 Å². The lowest BCUT2D eigenvalue weighted by atomic mass is 10.1. The Kier molecular flexibility index (Phi) is 4.01. The van der Waals surface area contributed by atoms with E-state index in [1.807, 2.05) is 42.0 Å². The quantitative estimate of drug-likeness (QED) is 0.764. The SMILES string of the molecule is Cc1ccc(F)c2ccn(-c3cccc(NC(=O)C4CCCN4)c3)c12. The highest BCUT2D eigenvalue weighted by Gasteiger charge is 2.22. The Labute approximate surface area is 145 Å². The number of carbonyl (C=O) groups is 1. The third kappa shape index (κ3) is 2.91. The Hall–Kier alpha value is -2.66. The molecular weight excluding hydrogens is 317 g/mol. The predicted molar refractivity (Wildman–Crippen MR) is 97.6 cm³/mol. The highest BCUT2D eigenvalue weighted by Crippen LogP contribution is 2.27. The Balaban J connectivity index is 1.68. The minimum atomic E-state index is -0.226. The molecule has 2 N–H and O–H groups in total. The molecule has 0 aliphatic carbocycles. The number of anilines is 1. The maximum Gasteiger partial charge on any atom is 0.241 e. The van der Waals surface area contributed by atoms with Crippen LogP contribution in [0.1, 0.15) is 18.4 Å². The second-order valence-corrected chi connectivity index (χ2v) is 6.50. The number of fused-ring (bicyclic) bond motifs is 1. The van der Waals surface area contributed by atoms with Gasteiger partial charge in [-0.05, 0) is 62.2 Å². The van der Waals surface area contributed by atoms with Gasteiger partial charge < -0.3 is 15.2 Å². The molecule has 1 unspecified atom stereocenters. The summed E-state index contributed by atoms with van der Waals surface area (Å²) in [6.07, 6.45) is 3.75. The van der Waals surface area contributed by atoms with E-state index in [1.54, 1.807) is 12.1 Å². The van der Waals surface area contributed by atoms with Gasteiger partial charge in [-0.25, -0.2) is 4.39 Å². The number of rotatable bonds is 3. The molecule has 0 saturated carbocycles. The smallest absolute Gasteiger partial charge is 0.241 e. The van der Waals surface area contributed by atoms with Crippen LogP contribution >= 0.6 is 0 Å². The number of halogens is 1. The average molecular weight is 337 g/mol. The molecular formula is C20H20FN3O. The zero-order valence-corrected chi connectivity index (χ0v) is 14.1. The maximum absolute atomic E-state index is 14.0. The largest absolute Gasteiger partial charge is 0.325 e. The molecule has 25 heavy (non-hydrogen) atoms. The summed E-state index contributed by atoms with van der Waals surface area (Å²) in [7, 11) is 0. The van der Waals surface area contributed by atoms with E-state index in [4.69, 9.17) is 0 Å². The van der Waals surface area contributed by atoms with Crippen molar-refractivity contribution < 1.29 is 9.18 Å². The molecule has 3 aromatic rings. The van der Waals surface area contributed by atoms with Gasteiger partial charge in [0.1, 0.15) is 5.82 Å². The van der Waals surface area contributed by atoms with Crippen LogP contribution in [0.2, 0.25) is 0 Å². The van der Waals surface area contributed by atoms with Crippen LogP contribution in [0.15, 0.2) is 48.7 Å². The first-order valence-corrected chi connectivity index (χ1v) is 8.54. The summed E-state index contributed by atoms with van der Waals surface area (Å²) in [6, 6.07) is 12.6. The highest BCUT2D eigenvalue weighted by molar-refractivity contribution is 5.95. The molecule has 0 radical (unpaired) electrons. The Morgan fingerprint density at radius 2 is 2.16 bits per heavy atom. The summed E-state index contributed by atoms with van der Waals surface area (Å²) in [5.41, 5.74) is 3.49. The Morgan fingerprint density at radius 3 is 2.96 bits per heavy atom. The summed E-state index contributed by atoms with van der Waals surface area (Å²) >= 11 is 0. The topological polar surface area (TPSA) is 46.1 Å². The number of benzene rings is 2. The number of nitrogens with zero attached hydrogens (tertiary/aromatic N) is 1. The summed E-state index contributed by atoms with van der Waals surface area (Å²) < 4.78 is 16.0. The lowest BCUT2D eigenvalue weighted by Gasteiger charge is -2.13. The minimum absolute atomic E-state index is 0.00533. The van der Waals surface area contributed by atoms with E-state index in [0.29, 0.717) is 5.39 Å². The van der Waals surface area contributed by atoms with Crippen LogP contribution in [0.3, 0.4) is 0 Å². The third-order valence-electron chi connectivity index (χ3n) is 4.77. The lowest BCUT2D eigenvalue weighted by Crippen LogP contribution is -2.35. The highest BCUT2D eigenvalue weighted by atomic mass is 19.1. The van der Waals surface area contributed by atoms with E-state index < -0.39 is 0 Å². The van der Waals surface area contributed by atoms with Gasteiger partial charge in [0.05, 0.1) is 11.6 Å². The second kappa shape index (κ2) is 6.33. The molecule has 4 rings (SSSR count). The molecule has 2 aromatic carbocycles. The lowest BCUT2D eigenvalue weighted by molar-refractivity contribution is -0.117. The molecule has 2 heterocycles. The summed E-state index contributed by atoms with van der Waals surface area (Å²) in [5.74, 6) is -0.231. The van der Waals surface area contributed by atoms with Crippen LogP contribution < -0.4 is 10.6 Å². The van der Waals surface area contributed by atoms with Crippen LogP contribution in [0.25, 0.3) is 16.6 Å². The van der Waals surface area contributed by atoms with Gasteiger partial charge in [0.25, 0.3) is 0 Å². The summed E-state index contributed by atoms with van der Waals surface area (Å²) in [4.78, 5) is 12.3. The van der Waals surface area contributed by atoms with Gasteiger partial charge in [0.2, 0.25) is 5.91 Å². The Morgan fingerprint density at radius 1 is 1.28 bits per heavy atom. The molecule has 5 heteroatoms. The van der Waals surface area contributed by atoms with Crippen LogP contribution in [0, 0.1) is 12.7 Å². The third-order valence-corrected chi connectivity index (χ3v) is 4.77. The maximum atomic E-state index is 14.0. The number of nitrogens with one attached hydrogen (secondary N) is 2. The molecule has 1 fully saturated rings. The van der Waals surface area contributed by atoms with E-state index >= 15 is 0 Å². The molecule has 128 valence electrons. The van der Waals surface area contributed by atoms with Gasteiger partial charge in [-0.2, -0.15) is 0 Å². The van der Waals surface area contributed by atoms with E-state index in [2.05, 4.69) is 10.6 Å². The first-order chi connectivity index (χ1) is 12.1. The molecule has 1 amide bonds. The second-order valence-electron chi connectivity index (χ2n) is 6.50. The van der Waals surface area contributed by atoms with Crippen molar-refractivity contribution in [1.82, 2.24) is 9.88 Å². The van der Waals surface area contributed by atoms with Crippen molar-refractivity contribution in [2.24, 2.45) is 0 Å². The number of hydrogen-bond acceptors (Lipinski definition) is 2.